The highest BCUT2D eigenvalue weighted by molar-refractivity contribution is 9.18. The van der Waals surface area contributed by atoms with E-state index in [1.165, 1.54) is 0 Å². The lowest BCUT2D eigenvalue weighted by molar-refractivity contribution is -0.115. The van der Waals surface area contributed by atoms with Crippen molar-refractivity contribution in [3.63, 3.8) is 0 Å². The number of benzene rings is 1. The molecule has 0 atom stereocenters. The van der Waals surface area contributed by atoms with Crippen molar-refractivity contribution in [2.45, 2.75) is 12.8 Å². The van der Waals surface area contributed by atoms with Crippen LogP contribution in [-0.4, -0.2) is 17.3 Å². The zero-order valence-corrected chi connectivity index (χ0v) is 10.1. The van der Waals surface area contributed by atoms with Crippen LogP contribution in [0.2, 0.25) is 0 Å². The SMILES string of the molecule is O=C(Br)NCCc1ccc2c(c1)CC(=O)N2. The highest BCUT2D eigenvalue weighted by Gasteiger charge is 2.17. The Bertz CT molecular complexity index is 446. The molecule has 2 rings (SSSR count). The minimum atomic E-state index is -0.203. The van der Waals surface area contributed by atoms with Crippen molar-refractivity contribution in [2.24, 2.45) is 0 Å². The zero-order valence-electron chi connectivity index (χ0n) is 8.55. The minimum Gasteiger partial charge on any atom is -0.346 e. The van der Waals surface area contributed by atoms with Crippen LogP contribution in [0, 0.1) is 0 Å². The number of carbonyl (C=O) groups excluding carboxylic acids is 2. The molecule has 0 bridgehead atoms. The summed E-state index contributed by atoms with van der Waals surface area (Å²) in [5.41, 5.74) is 3.06. The van der Waals surface area contributed by atoms with Gasteiger partial charge in [0.15, 0.2) is 0 Å². The fourth-order valence-corrected chi connectivity index (χ4v) is 1.94. The lowest BCUT2D eigenvalue weighted by Crippen LogP contribution is -2.18. The molecule has 4 nitrogen and oxygen atoms in total. The van der Waals surface area contributed by atoms with Crippen LogP contribution in [0.4, 0.5) is 10.5 Å². The maximum atomic E-state index is 11.1. The van der Waals surface area contributed by atoms with E-state index in [4.69, 9.17) is 0 Å². The summed E-state index contributed by atoms with van der Waals surface area (Å²) in [5, 5.41) is 5.45. The molecule has 0 saturated carbocycles. The lowest BCUT2D eigenvalue weighted by Gasteiger charge is -2.04. The first kappa shape index (κ1) is 11.1. The van der Waals surface area contributed by atoms with E-state index in [0.717, 1.165) is 23.2 Å². The Hall–Kier alpha value is -1.36. The monoisotopic (exact) mass is 282 g/mol. The quantitative estimate of drug-likeness (QED) is 0.656. The largest absolute Gasteiger partial charge is 0.346 e. The zero-order chi connectivity index (χ0) is 11.5. The second-order valence-electron chi connectivity index (χ2n) is 3.67. The van der Waals surface area contributed by atoms with Gasteiger partial charge in [0.25, 0.3) is 4.82 Å². The minimum absolute atomic E-state index is 0.0425. The first-order chi connectivity index (χ1) is 7.65. The van der Waals surface area contributed by atoms with Crippen LogP contribution in [-0.2, 0) is 17.6 Å². The van der Waals surface area contributed by atoms with Gasteiger partial charge >= 0.3 is 0 Å². The Morgan fingerprint density at radius 1 is 1.50 bits per heavy atom. The third-order valence-electron chi connectivity index (χ3n) is 2.47. The van der Waals surface area contributed by atoms with Gasteiger partial charge in [0, 0.05) is 28.2 Å². The number of hydrogen-bond donors (Lipinski definition) is 2. The topological polar surface area (TPSA) is 58.2 Å². The molecule has 5 heteroatoms. The summed E-state index contributed by atoms with van der Waals surface area (Å²) in [6.07, 6.45) is 1.22. The normalized spacial score (nSPS) is 13.2. The van der Waals surface area contributed by atoms with Crippen LogP contribution in [0.1, 0.15) is 11.1 Å². The summed E-state index contributed by atoms with van der Waals surface area (Å²) >= 11 is 2.80. The number of rotatable bonds is 3. The molecule has 0 fully saturated rings. The fourth-order valence-electron chi connectivity index (χ4n) is 1.74. The Labute approximate surface area is 102 Å². The molecule has 0 spiro atoms. The van der Waals surface area contributed by atoms with Crippen molar-refractivity contribution >= 4 is 32.3 Å². The standard InChI is InChI=1S/C11H11BrN2O2/c12-11(16)13-4-3-7-1-2-9-8(5-7)6-10(15)14-9/h1-2,5H,3-4,6H2,(H,13,16)(H,14,15). The highest BCUT2D eigenvalue weighted by atomic mass is 79.9. The molecule has 0 saturated heterocycles. The van der Waals surface area contributed by atoms with Gasteiger partial charge in [-0.15, -0.1) is 0 Å². The molecule has 84 valence electrons. The van der Waals surface area contributed by atoms with Crippen molar-refractivity contribution < 1.29 is 9.59 Å². The number of fused-ring (bicyclic) bond motifs is 1. The van der Waals surface area contributed by atoms with Crippen molar-refractivity contribution in [2.75, 3.05) is 11.9 Å². The van der Waals surface area contributed by atoms with E-state index in [2.05, 4.69) is 26.6 Å². The van der Waals surface area contributed by atoms with Gasteiger partial charge in [0.05, 0.1) is 6.42 Å². The third-order valence-corrected chi connectivity index (χ3v) is 2.75. The molecule has 0 aromatic heterocycles. The van der Waals surface area contributed by atoms with Crippen LogP contribution in [0.5, 0.6) is 0 Å². The molecule has 1 heterocycles. The molecule has 0 unspecified atom stereocenters. The van der Waals surface area contributed by atoms with Gasteiger partial charge in [0.2, 0.25) is 5.91 Å². The molecule has 2 amide bonds. The number of halogens is 1. The van der Waals surface area contributed by atoms with Crippen LogP contribution in [0.3, 0.4) is 0 Å². The summed E-state index contributed by atoms with van der Waals surface area (Å²) in [7, 11) is 0. The molecular weight excluding hydrogens is 272 g/mol. The summed E-state index contributed by atoms with van der Waals surface area (Å²) in [6.45, 7) is 0.588. The maximum Gasteiger partial charge on any atom is 0.287 e. The summed E-state index contributed by atoms with van der Waals surface area (Å²) in [5.74, 6) is 0.0425. The van der Waals surface area contributed by atoms with E-state index in [1.54, 1.807) is 0 Å². The Morgan fingerprint density at radius 2 is 2.31 bits per heavy atom. The van der Waals surface area contributed by atoms with Crippen molar-refractivity contribution in [1.29, 1.82) is 0 Å². The molecule has 1 aliphatic rings. The van der Waals surface area contributed by atoms with Gasteiger partial charge in [-0.1, -0.05) is 12.1 Å². The second-order valence-corrected chi connectivity index (χ2v) is 4.39. The first-order valence-electron chi connectivity index (χ1n) is 5.00. The summed E-state index contributed by atoms with van der Waals surface area (Å²) in [6, 6.07) is 5.88. The Kier molecular flexibility index (Phi) is 3.24. The lowest BCUT2D eigenvalue weighted by atomic mass is 10.1. The molecule has 2 N–H and O–H groups in total. The first-order valence-corrected chi connectivity index (χ1v) is 5.79. The number of nitrogens with one attached hydrogen (secondary N) is 2. The van der Waals surface area contributed by atoms with Crippen LogP contribution >= 0.6 is 15.9 Å². The number of carbonyl (C=O) groups is 2. The highest BCUT2D eigenvalue weighted by Crippen LogP contribution is 2.23. The van der Waals surface area contributed by atoms with Crippen LogP contribution in [0.15, 0.2) is 18.2 Å². The average Bonchev–Trinajstić information content (AvgIpc) is 2.56. The maximum absolute atomic E-state index is 11.1. The van der Waals surface area contributed by atoms with Gasteiger partial charge in [0.1, 0.15) is 0 Å². The molecule has 1 aromatic carbocycles. The van der Waals surface area contributed by atoms with Crippen molar-refractivity contribution in [3.8, 4) is 0 Å². The Morgan fingerprint density at radius 3 is 3.06 bits per heavy atom. The molecule has 1 aromatic rings. The fraction of sp³-hybridized carbons (Fsp3) is 0.273. The molecule has 1 aliphatic heterocycles. The van der Waals surface area contributed by atoms with E-state index < -0.39 is 0 Å². The van der Waals surface area contributed by atoms with Gasteiger partial charge in [-0.3, -0.25) is 9.59 Å². The van der Waals surface area contributed by atoms with E-state index in [9.17, 15) is 9.59 Å². The Balaban J connectivity index is 1.99. The van der Waals surface area contributed by atoms with Crippen LogP contribution in [0.25, 0.3) is 0 Å². The van der Waals surface area contributed by atoms with E-state index >= 15 is 0 Å². The second kappa shape index (κ2) is 4.65. The predicted molar refractivity (Wildman–Crippen MR) is 64.8 cm³/mol. The predicted octanol–water partition coefficient (Wildman–Crippen LogP) is 1.83. The van der Waals surface area contributed by atoms with Gasteiger partial charge in [-0.2, -0.15) is 0 Å². The third kappa shape index (κ3) is 2.61. The van der Waals surface area contributed by atoms with Gasteiger partial charge in [-0.05, 0) is 23.6 Å². The number of amides is 2. The van der Waals surface area contributed by atoms with E-state index in [-0.39, 0.29) is 10.7 Å². The van der Waals surface area contributed by atoms with Gasteiger partial charge in [-0.25, -0.2) is 0 Å². The van der Waals surface area contributed by atoms with Crippen molar-refractivity contribution in [1.82, 2.24) is 5.32 Å². The van der Waals surface area contributed by atoms with Crippen LogP contribution < -0.4 is 10.6 Å². The number of hydrogen-bond acceptors (Lipinski definition) is 2. The molecule has 0 aliphatic carbocycles. The average molecular weight is 283 g/mol. The van der Waals surface area contributed by atoms with E-state index in [1.807, 2.05) is 18.2 Å². The summed E-state index contributed by atoms with van der Waals surface area (Å²) in [4.78, 5) is 21.6. The van der Waals surface area contributed by atoms with E-state index in [0.29, 0.717) is 13.0 Å². The van der Waals surface area contributed by atoms with Gasteiger partial charge < -0.3 is 10.6 Å². The molecular formula is C11H11BrN2O2. The molecule has 0 radical (unpaired) electrons. The van der Waals surface area contributed by atoms with Crippen molar-refractivity contribution in [3.05, 3.63) is 29.3 Å². The number of anilines is 1. The smallest absolute Gasteiger partial charge is 0.287 e. The molecule has 16 heavy (non-hydrogen) atoms. The summed E-state index contributed by atoms with van der Waals surface area (Å²) < 4.78 is 0.